The zero-order valence-corrected chi connectivity index (χ0v) is 13.5. The largest absolute Gasteiger partial charge is 0.326 e. The molecule has 1 atom stereocenters. The maximum Gasteiger partial charge on any atom is 0.224 e. The minimum atomic E-state index is -0.237. The predicted octanol–water partition coefficient (Wildman–Crippen LogP) is 4.04. The molecular formula is C16H14BrClN2O. The van der Waals surface area contributed by atoms with E-state index >= 15 is 0 Å². The highest BCUT2D eigenvalue weighted by Gasteiger charge is 2.17. The molecule has 3 nitrogen and oxygen atoms in total. The SMILES string of the molecule is NC(c1ccc(Br)c(Cl)c1)c1ccc2c(c1)CCC(=O)N2. The molecule has 3 rings (SSSR count). The van der Waals surface area contributed by atoms with Crippen LogP contribution in [0.4, 0.5) is 5.69 Å². The quantitative estimate of drug-likeness (QED) is 0.844. The fourth-order valence-corrected chi connectivity index (χ4v) is 2.93. The van der Waals surface area contributed by atoms with E-state index in [-0.39, 0.29) is 11.9 Å². The second-order valence-electron chi connectivity index (χ2n) is 5.12. The Labute approximate surface area is 136 Å². The van der Waals surface area contributed by atoms with E-state index in [2.05, 4.69) is 27.3 Å². The number of carbonyl (C=O) groups excluding carboxylic acids is 1. The molecule has 0 bridgehead atoms. The highest BCUT2D eigenvalue weighted by atomic mass is 79.9. The van der Waals surface area contributed by atoms with Crippen LogP contribution in [0, 0.1) is 0 Å². The van der Waals surface area contributed by atoms with Crippen LogP contribution in [0.1, 0.15) is 29.2 Å². The number of carbonyl (C=O) groups is 1. The first kappa shape index (κ1) is 14.6. The van der Waals surface area contributed by atoms with Crippen molar-refractivity contribution in [1.29, 1.82) is 0 Å². The maximum absolute atomic E-state index is 11.4. The monoisotopic (exact) mass is 364 g/mol. The van der Waals surface area contributed by atoms with Crippen LogP contribution in [0.15, 0.2) is 40.9 Å². The van der Waals surface area contributed by atoms with Crippen molar-refractivity contribution in [2.75, 3.05) is 5.32 Å². The molecule has 0 aromatic heterocycles. The third kappa shape index (κ3) is 2.98. The Kier molecular flexibility index (Phi) is 4.02. The predicted molar refractivity (Wildman–Crippen MR) is 88.6 cm³/mol. The van der Waals surface area contributed by atoms with E-state index in [1.807, 2.05) is 30.3 Å². The molecule has 0 saturated carbocycles. The van der Waals surface area contributed by atoms with Gasteiger partial charge in [0.2, 0.25) is 5.91 Å². The van der Waals surface area contributed by atoms with Gasteiger partial charge in [-0.15, -0.1) is 0 Å². The number of fused-ring (bicyclic) bond motifs is 1. The molecule has 21 heavy (non-hydrogen) atoms. The van der Waals surface area contributed by atoms with Crippen molar-refractivity contribution in [3.8, 4) is 0 Å². The van der Waals surface area contributed by atoms with Gasteiger partial charge in [0.1, 0.15) is 0 Å². The van der Waals surface area contributed by atoms with Crippen molar-refractivity contribution in [3.63, 3.8) is 0 Å². The van der Waals surface area contributed by atoms with Gasteiger partial charge in [0.25, 0.3) is 0 Å². The summed E-state index contributed by atoms with van der Waals surface area (Å²) in [5.74, 6) is 0.0687. The summed E-state index contributed by atoms with van der Waals surface area (Å²) in [4.78, 5) is 11.4. The zero-order valence-electron chi connectivity index (χ0n) is 11.2. The zero-order chi connectivity index (χ0) is 15.0. The van der Waals surface area contributed by atoms with Gasteiger partial charge in [-0.3, -0.25) is 4.79 Å². The topological polar surface area (TPSA) is 55.1 Å². The summed E-state index contributed by atoms with van der Waals surface area (Å²) < 4.78 is 0.855. The molecule has 1 heterocycles. The standard InChI is InChI=1S/C16H14BrClN2O/c17-12-4-1-11(8-13(12)18)16(19)10-2-5-14-9(7-10)3-6-15(21)20-14/h1-2,4-5,7-8,16H,3,6,19H2,(H,20,21). The molecule has 1 amide bonds. The normalized spacial score (nSPS) is 15.3. The molecule has 0 radical (unpaired) electrons. The minimum absolute atomic E-state index is 0.0687. The summed E-state index contributed by atoms with van der Waals surface area (Å²) in [6, 6.07) is 11.4. The van der Waals surface area contributed by atoms with Gasteiger partial charge in [0, 0.05) is 16.6 Å². The van der Waals surface area contributed by atoms with Crippen molar-refractivity contribution < 1.29 is 4.79 Å². The highest BCUT2D eigenvalue weighted by Crippen LogP contribution is 2.30. The summed E-state index contributed by atoms with van der Waals surface area (Å²) in [6.07, 6.45) is 1.28. The van der Waals surface area contributed by atoms with Crippen LogP contribution in [0.3, 0.4) is 0 Å². The average Bonchev–Trinajstić information content (AvgIpc) is 2.49. The molecule has 0 saturated heterocycles. The molecule has 108 valence electrons. The van der Waals surface area contributed by atoms with Crippen LogP contribution in [-0.2, 0) is 11.2 Å². The van der Waals surface area contributed by atoms with Gasteiger partial charge in [-0.05, 0) is 57.2 Å². The van der Waals surface area contributed by atoms with E-state index in [4.69, 9.17) is 17.3 Å². The smallest absolute Gasteiger partial charge is 0.224 e. The van der Waals surface area contributed by atoms with Crippen LogP contribution in [0.2, 0.25) is 5.02 Å². The second kappa shape index (κ2) is 5.79. The lowest BCUT2D eigenvalue weighted by Crippen LogP contribution is -2.20. The number of nitrogens with one attached hydrogen (secondary N) is 1. The Hall–Kier alpha value is -1.36. The summed E-state index contributed by atoms with van der Waals surface area (Å²) in [7, 11) is 0. The van der Waals surface area contributed by atoms with E-state index in [1.54, 1.807) is 0 Å². The fraction of sp³-hybridized carbons (Fsp3) is 0.188. The lowest BCUT2D eigenvalue weighted by Gasteiger charge is -2.20. The lowest BCUT2D eigenvalue weighted by atomic mass is 9.94. The van der Waals surface area contributed by atoms with Gasteiger partial charge in [0.05, 0.1) is 11.1 Å². The van der Waals surface area contributed by atoms with Crippen LogP contribution < -0.4 is 11.1 Å². The Morgan fingerprint density at radius 3 is 2.62 bits per heavy atom. The Morgan fingerprint density at radius 2 is 1.86 bits per heavy atom. The number of halogens is 2. The lowest BCUT2D eigenvalue weighted by molar-refractivity contribution is -0.116. The van der Waals surface area contributed by atoms with E-state index in [1.165, 1.54) is 0 Å². The van der Waals surface area contributed by atoms with Gasteiger partial charge in [0.15, 0.2) is 0 Å². The summed E-state index contributed by atoms with van der Waals surface area (Å²) in [5, 5.41) is 3.52. The van der Waals surface area contributed by atoms with Crippen LogP contribution >= 0.6 is 27.5 Å². The van der Waals surface area contributed by atoms with E-state index in [0.717, 1.165) is 33.3 Å². The number of anilines is 1. The minimum Gasteiger partial charge on any atom is -0.326 e. The third-order valence-corrected chi connectivity index (χ3v) is 4.92. The second-order valence-corrected chi connectivity index (χ2v) is 6.38. The third-order valence-electron chi connectivity index (χ3n) is 3.69. The van der Waals surface area contributed by atoms with E-state index < -0.39 is 0 Å². The molecule has 1 aliphatic rings. The maximum atomic E-state index is 11.4. The first-order valence-corrected chi connectivity index (χ1v) is 7.85. The summed E-state index contributed by atoms with van der Waals surface area (Å²) >= 11 is 9.50. The van der Waals surface area contributed by atoms with Gasteiger partial charge in [-0.25, -0.2) is 0 Å². The van der Waals surface area contributed by atoms with Gasteiger partial charge >= 0.3 is 0 Å². The number of hydrogen-bond donors (Lipinski definition) is 2. The first-order chi connectivity index (χ1) is 10.0. The summed E-state index contributed by atoms with van der Waals surface area (Å²) in [6.45, 7) is 0. The Bertz CT molecular complexity index is 717. The molecule has 0 spiro atoms. The molecule has 0 fully saturated rings. The molecule has 1 unspecified atom stereocenters. The van der Waals surface area contributed by atoms with Gasteiger partial charge < -0.3 is 11.1 Å². The average molecular weight is 366 g/mol. The van der Waals surface area contributed by atoms with Crippen molar-refractivity contribution in [1.82, 2.24) is 0 Å². The van der Waals surface area contributed by atoms with E-state index in [0.29, 0.717) is 11.4 Å². The molecule has 2 aromatic carbocycles. The van der Waals surface area contributed by atoms with Crippen molar-refractivity contribution in [2.45, 2.75) is 18.9 Å². The van der Waals surface area contributed by atoms with Crippen molar-refractivity contribution >= 4 is 39.1 Å². The first-order valence-electron chi connectivity index (χ1n) is 6.68. The van der Waals surface area contributed by atoms with Crippen molar-refractivity contribution in [2.24, 2.45) is 5.73 Å². The number of hydrogen-bond acceptors (Lipinski definition) is 2. The van der Waals surface area contributed by atoms with Crippen molar-refractivity contribution in [3.05, 3.63) is 62.6 Å². The molecule has 5 heteroatoms. The number of aryl methyl sites for hydroxylation is 1. The molecular weight excluding hydrogens is 352 g/mol. The van der Waals surface area contributed by atoms with E-state index in [9.17, 15) is 4.79 Å². The van der Waals surface area contributed by atoms with Gasteiger partial charge in [-0.2, -0.15) is 0 Å². The fourth-order valence-electron chi connectivity index (χ4n) is 2.50. The molecule has 0 aliphatic carbocycles. The van der Waals surface area contributed by atoms with Gasteiger partial charge in [-0.1, -0.05) is 29.8 Å². The number of amides is 1. The Morgan fingerprint density at radius 1 is 1.14 bits per heavy atom. The molecule has 1 aliphatic heterocycles. The molecule has 3 N–H and O–H groups in total. The number of benzene rings is 2. The van der Waals surface area contributed by atoms with Crippen LogP contribution in [-0.4, -0.2) is 5.91 Å². The van der Waals surface area contributed by atoms with Crippen LogP contribution in [0.25, 0.3) is 0 Å². The summed E-state index contributed by atoms with van der Waals surface area (Å²) in [5.41, 5.74) is 10.3. The highest BCUT2D eigenvalue weighted by molar-refractivity contribution is 9.10. The number of nitrogens with two attached hydrogens (primary N) is 1. The Balaban J connectivity index is 1.93. The number of rotatable bonds is 2. The van der Waals surface area contributed by atoms with Crippen LogP contribution in [0.5, 0.6) is 0 Å². The molecule has 2 aromatic rings.